The van der Waals surface area contributed by atoms with Crippen LogP contribution in [0.2, 0.25) is 0 Å². The van der Waals surface area contributed by atoms with Gasteiger partial charge in [-0.1, -0.05) is 34.2 Å². The zero-order chi connectivity index (χ0) is 14.5. The Morgan fingerprint density at radius 2 is 2.15 bits per heavy atom. The molecule has 0 spiro atoms. The zero-order valence-electron chi connectivity index (χ0n) is 10.6. The van der Waals surface area contributed by atoms with Crippen LogP contribution in [0.3, 0.4) is 0 Å². The maximum Gasteiger partial charge on any atom is 0.286 e. The number of carbonyl (C=O) groups excluding carboxylic acids is 1. The fraction of sp³-hybridized carbons (Fsp3) is 0.250. The molecule has 0 fully saturated rings. The smallest absolute Gasteiger partial charge is 0.286 e. The van der Waals surface area contributed by atoms with Crippen LogP contribution in [-0.2, 0) is 0 Å². The van der Waals surface area contributed by atoms with Crippen molar-refractivity contribution < 1.29 is 4.79 Å². The van der Waals surface area contributed by atoms with Crippen LogP contribution < -0.4 is 10.6 Å². The molecular weight excluding hydrogens is 408 g/mol. The molecule has 0 saturated heterocycles. The van der Waals surface area contributed by atoms with Crippen LogP contribution in [0.15, 0.2) is 27.1 Å². The van der Waals surface area contributed by atoms with Gasteiger partial charge in [0, 0.05) is 15.5 Å². The number of rotatable bonds is 5. The normalized spacial score (nSPS) is 10.3. The van der Waals surface area contributed by atoms with E-state index in [4.69, 9.17) is 0 Å². The van der Waals surface area contributed by atoms with Gasteiger partial charge < -0.3 is 10.6 Å². The largest absolute Gasteiger partial charge is 0.360 e. The lowest BCUT2D eigenvalue weighted by Crippen LogP contribution is -2.11. The van der Waals surface area contributed by atoms with Gasteiger partial charge in [0.1, 0.15) is 0 Å². The molecular formula is C12H12Br2N4OS. The summed E-state index contributed by atoms with van der Waals surface area (Å²) in [4.78, 5) is 12.1. The molecule has 0 radical (unpaired) electrons. The van der Waals surface area contributed by atoms with Crippen molar-refractivity contribution in [2.75, 3.05) is 17.2 Å². The van der Waals surface area contributed by atoms with Crippen molar-refractivity contribution in [3.63, 3.8) is 0 Å². The van der Waals surface area contributed by atoms with Crippen molar-refractivity contribution in [1.82, 2.24) is 10.2 Å². The van der Waals surface area contributed by atoms with Crippen molar-refractivity contribution in [1.29, 1.82) is 0 Å². The summed E-state index contributed by atoms with van der Waals surface area (Å²) in [6.45, 7) is 2.88. The topological polar surface area (TPSA) is 66.9 Å². The van der Waals surface area contributed by atoms with E-state index in [-0.39, 0.29) is 5.91 Å². The molecule has 1 aromatic carbocycles. The van der Waals surface area contributed by atoms with Crippen molar-refractivity contribution >= 4 is 59.9 Å². The average Bonchev–Trinajstić information content (AvgIpc) is 2.88. The van der Waals surface area contributed by atoms with E-state index in [1.165, 1.54) is 11.3 Å². The Balaban J connectivity index is 2.06. The van der Waals surface area contributed by atoms with E-state index in [9.17, 15) is 4.79 Å². The fourth-order valence-electron chi connectivity index (χ4n) is 1.38. The minimum Gasteiger partial charge on any atom is -0.360 e. The molecule has 1 amide bonds. The number of halogens is 2. The Labute approximate surface area is 137 Å². The third kappa shape index (κ3) is 4.00. The van der Waals surface area contributed by atoms with Crippen molar-refractivity contribution in [2.45, 2.75) is 13.3 Å². The highest BCUT2D eigenvalue weighted by Crippen LogP contribution is 2.27. The molecule has 0 saturated carbocycles. The van der Waals surface area contributed by atoms with Gasteiger partial charge in [0.15, 0.2) is 0 Å². The molecule has 106 valence electrons. The molecule has 0 aliphatic rings. The number of hydrogen-bond donors (Lipinski definition) is 2. The molecule has 0 unspecified atom stereocenters. The van der Waals surface area contributed by atoms with Gasteiger partial charge in [0.25, 0.3) is 5.91 Å². The fourth-order valence-corrected chi connectivity index (χ4v) is 3.20. The number of nitrogens with zero attached hydrogens (tertiary/aromatic N) is 2. The van der Waals surface area contributed by atoms with Gasteiger partial charge in [0.2, 0.25) is 10.1 Å². The van der Waals surface area contributed by atoms with Crippen molar-refractivity contribution in [3.8, 4) is 0 Å². The standard InChI is InChI=1S/C12H12Br2N4OS/c1-2-5-15-12-18-17-11(20-12)10(19)16-9-4-3-7(13)6-8(9)14/h3-4,6H,2,5H2,1H3,(H,15,18)(H,16,19). The average molecular weight is 420 g/mol. The van der Waals surface area contributed by atoms with Crippen molar-refractivity contribution in [3.05, 3.63) is 32.2 Å². The van der Waals surface area contributed by atoms with Gasteiger partial charge in [-0.3, -0.25) is 4.79 Å². The summed E-state index contributed by atoms with van der Waals surface area (Å²) in [6.07, 6.45) is 0.993. The molecule has 0 bridgehead atoms. The minimum absolute atomic E-state index is 0.268. The van der Waals surface area contributed by atoms with E-state index in [1.54, 1.807) is 0 Å². The van der Waals surface area contributed by atoms with Crippen LogP contribution in [0.25, 0.3) is 0 Å². The summed E-state index contributed by atoms with van der Waals surface area (Å²) in [5, 5.41) is 14.7. The Morgan fingerprint density at radius 1 is 1.35 bits per heavy atom. The summed E-state index contributed by atoms with van der Waals surface area (Å²) >= 11 is 8.00. The Morgan fingerprint density at radius 3 is 2.85 bits per heavy atom. The SMILES string of the molecule is CCCNc1nnc(C(=O)Nc2ccc(Br)cc2Br)s1. The van der Waals surface area contributed by atoms with E-state index < -0.39 is 0 Å². The summed E-state index contributed by atoms with van der Waals surface area (Å²) in [5.41, 5.74) is 0.691. The molecule has 1 heterocycles. The molecule has 0 aliphatic heterocycles. The first kappa shape index (κ1) is 15.4. The maximum atomic E-state index is 12.1. The van der Waals surface area contributed by atoms with E-state index >= 15 is 0 Å². The molecule has 2 aromatic rings. The van der Waals surface area contributed by atoms with Gasteiger partial charge in [-0.05, 0) is 40.5 Å². The Hall–Kier alpha value is -0.990. The summed E-state index contributed by atoms with van der Waals surface area (Å²) in [6, 6.07) is 5.53. The lowest BCUT2D eigenvalue weighted by Gasteiger charge is -2.05. The van der Waals surface area contributed by atoms with Crippen LogP contribution in [0.4, 0.5) is 10.8 Å². The van der Waals surface area contributed by atoms with E-state index in [0.29, 0.717) is 15.8 Å². The molecule has 20 heavy (non-hydrogen) atoms. The summed E-state index contributed by atoms with van der Waals surface area (Å²) < 4.78 is 1.73. The van der Waals surface area contributed by atoms with Crippen LogP contribution in [0, 0.1) is 0 Å². The number of hydrogen-bond acceptors (Lipinski definition) is 5. The number of amides is 1. The highest BCUT2D eigenvalue weighted by Gasteiger charge is 2.14. The maximum absolute atomic E-state index is 12.1. The van der Waals surface area contributed by atoms with E-state index in [1.807, 2.05) is 18.2 Å². The first-order chi connectivity index (χ1) is 9.60. The number of aromatic nitrogens is 2. The number of anilines is 2. The van der Waals surface area contributed by atoms with Gasteiger partial charge in [-0.15, -0.1) is 10.2 Å². The quantitative estimate of drug-likeness (QED) is 0.764. The first-order valence-electron chi connectivity index (χ1n) is 5.94. The van der Waals surface area contributed by atoms with Crippen LogP contribution >= 0.6 is 43.2 Å². The third-order valence-corrected chi connectivity index (χ3v) is 4.35. The lowest BCUT2D eigenvalue weighted by atomic mass is 10.3. The van der Waals surface area contributed by atoms with E-state index in [0.717, 1.165) is 21.9 Å². The second-order valence-electron chi connectivity index (χ2n) is 3.92. The lowest BCUT2D eigenvalue weighted by molar-refractivity contribution is 0.102. The monoisotopic (exact) mass is 418 g/mol. The Bertz CT molecular complexity index is 617. The Kier molecular flexibility index (Phi) is 5.50. The number of nitrogens with one attached hydrogen (secondary N) is 2. The van der Waals surface area contributed by atoms with Gasteiger partial charge in [-0.25, -0.2) is 0 Å². The van der Waals surface area contributed by atoms with Gasteiger partial charge >= 0.3 is 0 Å². The molecule has 5 nitrogen and oxygen atoms in total. The second kappa shape index (κ2) is 7.14. The first-order valence-corrected chi connectivity index (χ1v) is 8.34. The molecule has 1 aromatic heterocycles. The number of carbonyl (C=O) groups is 1. The van der Waals surface area contributed by atoms with Crippen LogP contribution in [-0.4, -0.2) is 22.6 Å². The third-order valence-electron chi connectivity index (χ3n) is 2.32. The molecule has 2 N–H and O–H groups in total. The minimum atomic E-state index is -0.268. The van der Waals surface area contributed by atoms with Crippen molar-refractivity contribution in [2.24, 2.45) is 0 Å². The summed E-state index contributed by atoms with van der Waals surface area (Å²) in [7, 11) is 0. The van der Waals surface area contributed by atoms with Gasteiger partial charge in [0.05, 0.1) is 5.69 Å². The molecule has 2 rings (SSSR count). The molecule has 0 atom stereocenters. The predicted octanol–water partition coefficient (Wildman–Crippen LogP) is 4.14. The highest BCUT2D eigenvalue weighted by molar-refractivity contribution is 9.11. The summed E-state index contributed by atoms with van der Waals surface area (Å²) in [5.74, 6) is -0.268. The van der Waals surface area contributed by atoms with E-state index in [2.05, 4.69) is 59.6 Å². The second-order valence-corrected chi connectivity index (χ2v) is 6.66. The van der Waals surface area contributed by atoms with Crippen LogP contribution in [0.5, 0.6) is 0 Å². The molecule has 8 heteroatoms. The predicted molar refractivity (Wildman–Crippen MR) is 88.5 cm³/mol. The molecule has 0 aliphatic carbocycles. The van der Waals surface area contributed by atoms with Gasteiger partial charge in [-0.2, -0.15) is 0 Å². The zero-order valence-corrected chi connectivity index (χ0v) is 14.6. The highest BCUT2D eigenvalue weighted by atomic mass is 79.9. The number of benzene rings is 1. The van der Waals surface area contributed by atoms with Crippen LogP contribution in [0.1, 0.15) is 23.1 Å².